The number of carbonyl (C=O) groups is 1. The van der Waals surface area contributed by atoms with E-state index in [2.05, 4.69) is 15.9 Å². The van der Waals surface area contributed by atoms with Crippen LogP contribution in [0.15, 0.2) is 16.6 Å². The van der Waals surface area contributed by atoms with Crippen molar-refractivity contribution in [3.05, 3.63) is 33.5 Å². The molecule has 0 aromatic heterocycles. The van der Waals surface area contributed by atoms with E-state index in [1.807, 2.05) is 0 Å². The lowest BCUT2D eigenvalue weighted by Crippen LogP contribution is -2.25. The highest BCUT2D eigenvalue weighted by molar-refractivity contribution is 9.10. The van der Waals surface area contributed by atoms with Gasteiger partial charge in [0.1, 0.15) is 5.82 Å². The van der Waals surface area contributed by atoms with Gasteiger partial charge in [0.05, 0.1) is 5.56 Å². The molecule has 0 saturated heterocycles. The molecule has 0 bridgehead atoms. The van der Waals surface area contributed by atoms with Crippen LogP contribution in [0.5, 0.6) is 0 Å². The molecule has 3 N–H and O–H groups in total. The third kappa shape index (κ3) is 2.95. The highest BCUT2D eigenvalue weighted by Gasteiger charge is 2.41. The zero-order valence-electron chi connectivity index (χ0n) is 8.05. The predicted molar refractivity (Wildman–Crippen MR) is 53.6 cm³/mol. The van der Waals surface area contributed by atoms with Crippen LogP contribution in [0.25, 0.3) is 0 Å². The topological polar surface area (TPSA) is 63.3 Å². The number of aliphatic hydroxyl groups is 1. The first-order valence-corrected chi connectivity index (χ1v) is 4.97. The molecule has 0 spiro atoms. The van der Waals surface area contributed by atoms with Crippen molar-refractivity contribution in [1.82, 2.24) is 0 Å². The first-order valence-electron chi connectivity index (χ1n) is 4.18. The molecule has 1 rings (SSSR count). The Morgan fingerprint density at radius 3 is 2.35 bits per heavy atom. The minimum Gasteiger partial charge on any atom is -0.379 e. The van der Waals surface area contributed by atoms with Gasteiger partial charge in [-0.15, -0.1) is 0 Å². The molecule has 0 aliphatic carbocycles. The number of hydrogen-bond acceptors (Lipinski definition) is 2. The van der Waals surface area contributed by atoms with Crippen molar-refractivity contribution in [3.8, 4) is 0 Å². The van der Waals surface area contributed by atoms with Crippen LogP contribution >= 0.6 is 15.9 Å². The van der Waals surface area contributed by atoms with Gasteiger partial charge in [-0.05, 0) is 12.1 Å². The molecule has 0 saturated carbocycles. The maximum Gasteiger partial charge on any atom is 0.418 e. The van der Waals surface area contributed by atoms with Gasteiger partial charge in [-0.1, -0.05) is 15.9 Å². The number of nitrogens with two attached hydrogens (primary N) is 1. The maximum atomic E-state index is 13.3. The van der Waals surface area contributed by atoms with Gasteiger partial charge in [-0.2, -0.15) is 13.2 Å². The summed E-state index contributed by atoms with van der Waals surface area (Å²) < 4.78 is 50.2. The van der Waals surface area contributed by atoms with E-state index in [0.717, 1.165) is 12.1 Å². The fourth-order valence-electron chi connectivity index (χ4n) is 1.25. The van der Waals surface area contributed by atoms with E-state index in [1.165, 1.54) is 0 Å². The normalized spacial score (nSPS) is 13.5. The average Bonchev–Trinajstić information content (AvgIpc) is 2.12. The van der Waals surface area contributed by atoms with Crippen LogP contribution in [-0.4, -0.2) is 17.2 Å². The van der Waals surface area contributed by atoms with Crippen molar-refractivity contribution in [3.63, 3.8) is 0 Å². The molecule has 1 aromatic carbocycles. The van der Waals surface area contributed by atoms with Gasteiger partial charge >= 0.3 is 6.18 Å². The van der Waals surface area contributed by atoms with E-state index < -0.39 is 35.1 Å². The van der Waals surface area contributed by atoms with E-state index in [0.29, 0.717) is 0 Å². The molecule has 0 fully saturated rings. The Labute approximate surface area is 101 Å². The van der Waals surface area contributed by atoms with Crippen LogP contribution < -0.4 is 5.73 Å². The van der Waals surface area contributed by atoms with Crippen molar-refractivity contribution < 1.29 is 27.5 Å². The van der Waals surface area contributed by atoms with Gasteiger partial charge in [-0.25, -0.2) is 4.39 Å². The number of alkyl halides is 3. The van der Waals surface area contributed by atoms with Gasteiger partial charge in [0.25, 0.3) is 5.91 Å². The van der Waals surface area contributed by atoms with E-state index >= 15 is 0 Å². The summed E-state index contributed by atoms with van der Waals surface area (Å²) in [5.74, 6) is -2.61. The van der Waals surface area contributed by atoms with Crippen LogP contribution in [0.1, 0.15) is 22.0 Å². The van der Waals surface area contributed by atoms with Crippen LogP contribution in [-0.2, 0) is 0 Å². The molecular formula is C9H6BrF4NO2. The monoisotopic (exact) mass is 315 g/mol. The molecule has 17 heavy (non-hydrogen) atoms. The molecule has 3 nitrogen and oxygen atoms in total. The molecule has 0 radical (unpaired) electrons. The Kier molecular flexibility index (Phi) is 3.78. The van der Waals surface area contributed by atoms with Gasteiger partial charge < -0.3 is 10.8 Å². The fraction of sp³-hybridized carbons (Fsp3) is 0.222. The number of aliphatic hydroxyl groups excluding tert-OH is 1. The van der Waals surface area contributed by atoms with Crippen molar-refractivity contribution >= 4 is 21.8 Å². The first kappa shape index (κ1) is 13.9. The lowest BCUT2D eigenvalue weighted by molar-refractivity contribution is -0.206. The molecule has 0 heterocycles. The summed E-state index contributed by atoms with van der Waals surface area (Å²) in [6.45, 7) is 0. The summed E-state index contributed by atoms with van der Waals surface area (Å²) in [6.07, 6.45) is -7.99. The molecule has 0 aliphatic heterocycles. The SMILES string of the molecule is NC(=O)c1c(F)cc(Br)cc1C(O)C(F)(F)F. The Morgan fingerprint density at radius 1 is 1.41 bits per heavy atom. The smallest absolute Gasteiger partial charge is 0.379 e. The Morgan fingerprint density at radius 2 is 1.94 bits per heavy atom. The van der Waals surface area contributed by atoms with E-state index in [1.54, 1.807) is 0 Å². The van der Waals surface area contributed by atoms with E-state index in [4.69, 9.17) is 10.8 Å². The largest absolute Gasteiger partial charge is 0.418 e. The van der Waals surface area contributed by atoms with Gasteiger partial charge in [0.15, 0.2) is 6.10 Å². The number of halogens is 5. The quantitative estimate of drug-likeness (QED) is 0.822. The Bertz CT molecular complexity index is 461. The Balaban J connectivity index is 3.46. The van der Waals surface area contributed by atoms with Crippen molar-refractivity contribution in [2.45, 2.75) is 12.3 Å². The zero-order chi connectivity index (χ0) is 13.4. The second-order valence-corrected chi connectivity index (χ2v) is 4.08. The van der Waals surface area contributed by atoms with Crippen molar-refractivity contribution in [2.24, 2.45) is 5.73 Å². The maximum absolute atomic E-state index is 13.3. The van der Waals surface area contributed by atoms with Gasteiger partial charge in [0.2, 0.25) is 0 Å². The number of rotatable bonds is 2. The highest BCUT2D eigenvalue weighted by Crippen LogP contribution is 2.36. The van der Waals surface area contributed by atoms with Crippen molar-refractivity contribution in [1.29, 1.82) is 0 Å². The summed E-state index contributed by atoms with van der Waals surface area (Å²) in [4.78, 5) is 10.9. The lowest BCUT2D eigenvalue weighted by atomic mass is 10.0. The summed E-state index contributed by atoms with van der Waals surface area (Å²) in [5, 5.41) is 9.02. The number of amides is 1. The standard InChI is InChI=1S/C9H6BrF4NO2/c10-3-1-4(7(16)9(12,13)14)6(8(15)17)5(11)2-3/h1-2,7,16H,(H2,15,17). The predicted octanol–water partition coefficient (Wildman–Crippen LogP) is 2.28. The summed E-state index contributed by atoms with van der Waals surface area (Å²) in [5.41, 5.74) is 2.88. The van der Waals surface area contributed by atoms with Crippen molar-refractivity contribution in [2.75, 3.05) is 0 Å². The molecular weight excluding hydrogens is 310 g/mol. The highest BCUT2D eigenvalue weighted by atomic mass is 79.9. The number of carbonyl (C=O) groups excluding carboxylic acids is 1. The van der Waals surface area contributed by atoms with Gasteiger partial charge in [0, 0.05) is 10.0 Å². The Hall–Kier alpha value is -1.15. The molecule has 94 valence electrons. The molecule has 1 unspecified atom stereocenters. The number of hydrogen-bond donors (Lipinski definition) is 2. The molecule has 0 aliphatic rings. The van der Waals surface area contributed by atoms with Gasteiger partial charge in [-0.3, -0.25) is 4.79 Å². The second kappa shape index (κ2) is 4.61. The summed E-state index contributed by atoms with van der Waals surface area (Å²) in [7, 11) is 0. The second-order valence-electron chi connectivity index (χ2n) is 3.16. The first-order chi connectivity index (χ1) is 7.64. The third-order valence-electron chi connectivity index (χ3n) is 1.94. The average molecular weight is 316 g/mol. The van der Waals surface area contributed by atoms with Crippen LogP contribution in [0.4, 0.5) is 17.6 Å². The number of primary amides is 1. The van der Waals surface area contributed by atoms with E-state index in [-0.39, 0.29) is 4.47 Å². The zero-order valence-corrected chi connectivity index (χ0v) is 9.64. The molecule has 1 amide bonds. The summed E-state index contributed by atoms with van der Waals surface area (Å²) in [6, 6.07) is 1.58. The van der Waals surface area contributed by atoms with Crippen LogP contribution in [0, 0.1) is 5.82 Å². The minimum atomic E-state index is -5.02. The molecule has 1 aromatic rings. The number of benzene rings is 1. The summed E-state index contributed by atoms with van der Waals surface area (Å²) >= 11 is 2.76. The lowest BCUT2D eigenvalue weighted by Gasteiger charge is -2.17. The van der Waals surface area contributed by atoms with E-state index in [9.17, 15) is 22.4 Å². The van der Waals surface area contributed by atoms with Crippen LogP contribution in [0.3, 0.4) is 0 Å². The minimum absolute atomic E-state index is 0.0432. The molecule has 1 atom stereocenters. The third-order valence-corrected chi connectivity index (χ3v) is 2.39. The molecule has 8 heteroatoms. The van der Waals surface area contributed by atoms with Crippen LogP contribution in [0.2, 0.25) is 0 Å². The fourth-order valence-corrected chi connectivity index (χ4v) is 1.69.